The minimum atomic E-state index is -1.56. The van der Waals surface area contributed by atoms with E-state index in [2.05, 4.69) is 20.9 Å². The van der Waals surface area contributed by atoms with Gasteiger partial charge >= 0.3 is 11.9 Å². The highest BCUT2D eigenvalue weighted by Gasteiger charge is 2.31. The van der Waals surface area contributed by atoms with E-state index in [0.29, 0.717) is 0 Å². The van der Waals surface area contributed by atoms with Gasteiger partial charge in [0.2, 0.25) is 23.6 Å². The number of aliphatic imine (C=N–C) groups is 1. The summed E-state index contributed by atoms with van der Waals surface area (Å²) in [6.45, 7) is 0.0686. The van der Waals surface area contributed by atoms with Crippen LogP contribution >= 0.6 is 0 Å². The van der Waals surface area contributed by atoms with E-state index in [1.165, 1.54) is 0 Å². The van der Waals surface area contributed by atoms with E-state index in [0.717, 1.165) is 5.56 Å². The first kappa shape index (κ1) is 33.3. The summed E-state index contributed by atoms with van der Waals surface area (Å²) in [5.74, 6) is -6.53. The number of carboxylic acid groups (broad SMARTS) is 2. The van der Waals surface area contributed by atoms with Crippen LogP contribution < -0.4 is 38.9 Å². The van der Waals surface area contributed by atoms with Gasteiger partial charge in [-0.3, -0.25) is 29.0 Å². The molecule has 0 fully saturated rings. The molecule has 220 valence electrons. The number of aliphatic carboxylic acids is 2. The number of carbonyl (C=O) groups is 6. The molecule has 4 atom stereocenters. The number of nitrogens with zero attached hydrogens (tertiary/aromatic N) is 1. The van der Waals surface area contributed by atoms with Gasteiger partial charge in [-0.05, 0) is 31.2 Å². The Bertz CT molecular complexity index is 1080. The molecule has 0 aliphatic carbocycles. The zero-order chi connectivity index (χ0) is 30.2. The molecule has 0 radical (unpaired) electrons. The van der Waals surface area contributed by atoms with E-state index in [1.807, 2.05) is 0 Å². The molecule has 0 saturated heterocycles. The zero-order valence-corrected chi connectivity index (χ0v) is 21.7. The number of carboxylic acids is 2. The molecule has 16 heteroatoms. The fourth-order valence-electron chi connectivity index (χ4n) is 3.49. The summed E-state index contributed by atoms with van der Waals surface area (Å²) in [4.78, 5) is 76.5. The van der Waals surface area contributed by atoms with Crippen LogP contribution in [0.15, 0.2) is 35.3 Å². The summed E-state index contributed by atoms with van der Waals surface area (Å²) in [6, 6.07) is 3.33. The lowest BCUT2D eigenvalue weighted by atomic mass is 10.0. The molecule has 1 aromatic carbocycles. The van der Waals surface area contributed by atoms with Crippen LogP contribution in [0, 0.1) is 0 Å². The van der Waals surface area contributed by atoms with E-state index in [-0.39, 0.29) is 31.8 Å². The Morgan fingerprint density at radius 2 is 1.38 bits per heavy atom. The van der Waals surface area contributed by atoms with Crippen LogP contribution in [0.2, 0.25) is 0 Å². The van der Waals surface area contributed by atoms with E-state index in [4.69, 9.17) is 28.0 Å². The zero-order valence-electron chi connectivity index (χ0n) is 21.7. The molecule has 1 aromatic rings. The Hall–Kier alpha value is -4.73. The van der Waals surface area contributed by atoms with Crippen molar-refractivity contribution in [2.75, 3.05) is 6.54 Å². The van der Waals surface area contributed by atoms with Gasteiger partial charge in [-0.25, -0.2) is 4.79 Å². The molecule has 0 spiro atoms. The quantitative estimate of drug-likeness (QED) is 0.0488. The van der Waals surface area contributed by atoms with Gasteiger partial charge in [0.05, 0.1) is 12.5 Å². The fourth-order valence-corrected chi connectivity index (χ4v) is 3.49. The van der Waals surface area contributed by atoms with Crippen molar-refractivity contribution >= 4 is 41.5 Å². The highest BCUT2D eigenvalue weighted by Crippen LogP contribution is 2.06. The third-order valence-electron chi connectivity index (χ3n) is 5.51. The van der Waals surface area contributed by atoms with Gasteiger partial charge in [0.1, 0.15) is 18.1 Å². The van der Waals surface area contributed by atoms with Crippen LogP contribution in [0.3, 0.4) is 0 Å². The third kappa shape index (κ3) is 13.2. The van der Waals surface area contributed by atoms with Gasteiger partial charge in [-0.15, -0.1) is 0 Å². The van der Waals surface area contributed by atoms with E-state index in [1.54, 1.807) is 30.3 Å². The number of primary amides is 1. The van der Waals surface area contributed by atoms with Gasteiger partial charge in [0, 0.05) is 13.0 Å². The van der Waals surface area contributed by atoms with Gasteiger partial charge in [-0.1, -0.05) is 30.3 Å². The maximum absolute atomic E-state index is 13.1. The Morgan fingerprint density at radius 1 is 0.800 bits per heavy atom. The molecule has 40 heavy (non-hydrogen) atoms. The van der Waals surface area contributed by atoms with Crippen molar-refractivity contribution in [2.24, 2.45) is 27.9 Å². The molecule has 4 amide bonds. The van der Waals surface area contributed by atoms with E-state index < -0.39 is 79.0 Å². The van der Waals surface area contributed by atoms with Gasteiger partial charge < -0.3 is 49.1 Å². The second-order valence-electron chi connectivity index (χ2n) is 8.87. The Kier molecular flexibility index (Phi) is 14.1. The number of guanidine groups is 1. The van der Waals surface area contributed by atoms with Crippen LogP contribution in [0.4, 0.5) is 0 Å². The molecule has 4 unspecified atom stereocenters. The number of amides is 4. The topological polar surface area (TPSA) is 295 Å². The van der Waals surface area contributed by atoms with Crippen molar-refractivity contribution in [2.45, 2.75) is 62.7 Å². The predicted octanol–water partition coefficient (Wildman–Crippen LogP) is -3.11. The first-order valence-electron chi connectivity index (χ1n) is 12.3. The smallest absolute Gasteiger partial charge is 0.326 e. The molecule has 0 bridgehead atoms. The summed E-state index contributed by atoms with van der Waals surface area (Å²) in [7, 11) is 0. The van der Waals surface area contributed by atoms with E-state index >= 15 is 0 Å². The van der Waals surface area contributed by atoms with Crippen LogP contribution in [0.5, 0.6) is 0 Å². The second-order valence-corrected chi connectivity index (χ2v) is 8.87. The normalized spacial score (nSPS) is 13.5. The van der Waals surface area contributed by atoms with Gasteiger partial charge in [0.15, 0.2) is 5.96 Å². The third-order valence-corrected chi connectivity index (χ3v) is 5.51. The van der Waals surface area contributed by atoms with Crippen LogP contribution in [0.25, 0.3) is 0 Å². The van der Waals surface area contributed by atoms with Crippen LogP contribution in [-0.2, 0) is 35.2 Å². The SMILES string of the molecule is NC(=O)CC(NC(=O)C(N)Cc1ccccc1)C(=O)NC(CCCN=C(N)N)C(=O)NC(CCC(=O)O)C(=O)O. The summed E-state index contributed by atoms with van der Waals surface area (Å²) in [5.41, 5.74) is 22.5. The second kappa shape index (κ2) is 17.0. The largest absolute Gasteiger partial charge is 0.481 e. The number of hydrogen-bond acceptors (Lipinski definition) is 8. The average Bonchev–Trinajstić information content (AvgIpc) is 2.87. The number of hydrogen-bond donors (Lipinski definition) is 9. The van der Waals surface area contributed by atoms with Crippen molar-refractivity contribution in [3.8, 4) is 0 Å². The standard InChI is InChI=1S/C24H36N8O8/c25-14(11-13-5-2-1-3-6-13)20(36)32-17(12-18(26)33)22(38)30-15(7-4-10-29-24(27)28)21(37)31-16(23(39)40)8-9-19(34)35/h1-3,5-6,14-17H,4,7-12,25H2,(H2,26,33)(H,30,38)(H,31,37)(H,32,36)(H,34,35)(H,39,40)(H4,27,28,29). The first-order chi connectivity index (χ1) is 18.8. The Labute approximate surface area is 229 Å². The molecule has 13 N–H and O–H groups in total. The molecule has 1 rings (SSSR count). The number of benzene rings is 1. The highest BCUT2D eigenvalue weighted by atomic mass is 16.4. The lowest BCUT2D eigenvalue weighted by molar-refractivity contribution is -0.143. The van der Waals surface area contributed by atoms with Crippen molar-refractivity contribution in [3.63, 3.8) is 0 Å². The summed E-state index contributed by atoms with van der Waals surface area (Å²) < 4.78 is 0. The number of rotatable bonds is 18. The Morgan fingerprint density at radius 3 is 1.93 bits per heavy atom. The molecular weight excluding hydrogens is 528 g/mol. The molecule has 0 saturated carbocycles. The summed E-state index contributed by atoms with van der Waals surface area (Å²) >= 11 is 0. The molecular formula is C24H36N8O8. The number of nitrogens with two attached hydrogens (primary N) is 4. The summed E-state index contributed by atoms with van der Waals surface area (Å²) in [5, 5.41) is 25.1. The fraction of sp³-hybridized carbons (Fsp3) is 0.458. The van der Waals surface area contributed by atoms with Gasteiger partial charge in [0.25, 0.3) is 0 Å². The van der Waals surface area contributed by atoms with E-state index in [9.17, 15) is 33.9 Å². The predicted molar refractivity (Wildman–Crippen MR) is 142 cm³/mol. The van der Waals surface area contributed by atoms with Crippen molar-refractivity contribution in [1.29, 1.82) is 0 Å². The van der Waals surface area contributed by atoms with Crippen molar-refractivity contribution in [1.82, 2.24) is 16.0 Å². The minimum Gasteiger partial charge on any atom is -0.481 e. The van der Waals surface area contributed by atoms with Crippen molar-refractivity contribution in [3.05, 3.63) is 35.9 Å². The van der Waals surface area contributed by atoms with Gasteiger partial charge in [-0.2, -0.15) is 0 Å². The monoisotopic (exact) mass is 564 g/mol. The lowest BCUT2D eigenvalue weighted by Gasteiger charge is -2.24. The number of nitrogens with one attached hydrogen (secondary N) is 3. The van der Waals surface area contributed by atoms with Crippen LogP contribution in [0.1, 0.15) is 37.7 Å². The molecule has 0 aliphatic heterocycles. The van der Waals surface area contributed by atoms with Crippen molar-refractivity contribution < 1.29 is 39.0 Å². The molecule has 0 heterocycles. The number of carbonyl (C=O) groups excluding carboxylic acids is 4. The first-order valence-corrected chi connectivity index (χ1v) is 12.3. The van der Waals surface area contributed by atoms with Crippen LogP contribution in [-0.4, -0.2) is 82.5 Å². The maximum Gasteiger partial charge on any atom is 0.326 e. The average molecular weight is 565 g/mol. The minimum absolute atomic E-state index is 0.0686. The summed E-state index contributed by atoms with van der Waals surface area (Å²) in [6.07, 6.45) is -1.34. The molecule has 16 nitrogen and oxygen atoms in total. The molecule has 0 aromatic heterocycles. The maximum atomic E-state index is 13.1. The highest BCUT2D eigenvalue weighted by molar-refractivity contribution is 5.96. The Balaban J connectivity index is 3.03. The lowest BCUT2D eigenvalue weighted by Crippen LogP contribution is -2.58. The molecule has 0 aliphatic rings.